The molecule has 0 spiro atoms. The Morgan fingerprint density at radius 3 is 2.89 bits per heavy atom. The first-order valence-corrected chi connectivity index (χ1v) is 6.42. The summed E-state index contributed by atoms with van der Waals surface area (Å²) in [4.78, 5) is 26.7. The van der Waals surface area contributed by atoms with Crippen LogP contribution in [0.1, 0.15) is 21.6 Å². The van der Waals surface area contributed by atoms with Crippen molar-refractivity contribution >= 4 is 17.7 Å². The molecule has 7 heteroatoms. The van der Waals surface area contributed by atoms with Crippen molar-refractivity contribution in [1.29, 1.82) is 0 Å². The minimum Gasteiger partial charge on any atom is -0.478 e. The summed E-state index contributed by atoms with van der Waals surface area (Å²) in [6.07, 6.45) is 1.24. The predicted molar refractivity (Wildman–Crippen MR) is 66.1 cm³/mol. The molecule has 1 aliphatic heterocycles. The van der Waals surface area contributed by atoms with Gasteiger partial charge in [0.15, 0.2) is 5.82 Å². The highest BCUT2D eigenvalue weighted by Gasteiger charge is 2.20. The van der Waals surface area contributed by atoms with Crippen molar-refractivity contribution in [2.45, 2.75) is 11.5 Å². The van der Waals surface area contributed by atoms with E-state index in [1.807, 2.05) is 0 Å². The number of carbonyl (C=O) groups is 1. The fourth-order valence-corrected chi connectivity index (χ4v) is 2.89. The van der Waals surface area contributed by atoms with E-state index in [2.05, 4.69) is 10.1 Å². The van der Waals surface area contributed by atoms with Crippen LogP contribution in [-0.2, 0) is 11.5 Å². The van der Waals surface area contributed by atoms with Crippen LogP contribution in [0.25, 0.3) is 5.82 Å². The van der Waals surface area contributed by atoms with Crippen molar-refractivity contribution in [3.05, 3.63) is 45.5 Å². The molecule has 92 valence electrons. The van der Waals surface area contributed by atoms with Gasteiger partial charge in [0, 0.05) is 17.7 Å². The number of aromatic carboxylic acids is 1. The number of carboxylic acid groups (broad SMARTS) is 1. The summed E-state index contributed by atoms with van der Waals surface area (Å²) in [7, 11) is 0. The van der Waals surface area contributed by atoms with Crippen molar-refractivity contribution in [3.63, 3.8) is 0 Å². The second-order valence-corrected chi connectivity index (χ2v) is 4.90. The molecule has 3 rings (SSSR count). The number of hydrogen-bond donors (Lipinski definition) is 2. The molecule has 0 aromatic carbocycles. The first-order chi connectivity index (χ1) is 8.66. The van der Waals surface area contributed by atoms with Gasteiger partial charge >= 0.3 is 5.97 Å². The zero-order chi connectivity index (χ0) is 12.7. The summed E-state index contributed by atoms with van der Waals surface area (Å²) in [6, 6.07) is 2.95. The Balaban J connectivity index is 2.05. The monoisotopic (exact) mass is 263 g/mol. The zero-order valence-electron chi connectivity index (χ0n) is 9.21. The van der Waals surface area contributed by atoms with Crippen LogP contribution in [0.15, 0.2) is 23.1 Å². The van der Waals surface area contributed by atoms with E-state index in [9.17, 15) is 9.59 Å². The molecule has 18 heavy (non-hydrogen) atoms. The smallest absolute Gasteiger partial charge is 0.337 e. The van der Waals surface area contributed by atoms with Crippen LogP contribution in [0.3, 0.4) is 0 Å². The molecule has 0 saturated carbocycles. The van der Waals surface area contributed by atoms with Gasteiger partial charge in [-0.1, -0.05) is 0 Å². The third-order valence-corrected chi connectivity index (χ3v) is 3.77. The van der Waals surface area contributed by atoms with Crippen molar-refractivity contribution in [2.24, 2.45) is 0 Å². The SMILES string of the molecule is O=C(O)c1ccc(-n2[nH]c3c(c2=O)CSC3)nc1. The van der Waals surface area contributed by atoms with E-state index >= 15 is 0 Å². The molecular formula is C11H9N3O3S. The topological polar surface area (TPSA) is 88.0 Å². The number of fused-ring (bicyclic) bond motifs is 1. The second-order valence-electron chi connectivity index (χ2n) is 3.91. The maximum Gasteiger partial charge on any atom is 0.337 e. The fraction of sp³-hybridized carbons (Fsp3) is 0.182. The molecule has 2 aromatic heterocycles. The molecule has 2 aromatic rings. The fourth-order valence-electron chi connectivity index (χ4n) is 1.85. The molecule has 0 aliphatic carbocycles. The number of rotatable bonds is 2. The number of nitrogens with one attached hydrogen (secondary N) is 1. The largest absolute Gasteiger partial charge is 0.478 e. The van der Waals surface area contributed by atoms with Gasteiger partial charge < -0.3 is 5.11 Å². The van der Waals surface area contributed by atoms with Crippen molar-refractivity contribution in [2.75, 3.05) is 0 Å². The third kappa shape index (κ3) is 1.63. The summed E-state index contributed by atoms with van der Waals surface area (Å²) in [6.45, 7) is 0. The van der Waals surface area contributed by atoms with Gasteiger partial charge in [-0.05, 0) is 12.1 Å². The lowest BCUT2D eigenvalue weighted by atomic mass is 10.3. The summed E-state index contributed by atoms with van der Waals surface area (Å²) < 4.78 is 1.36. The van der Waals surface area contributed by atoms with Gasteiger partial charge in [-0.3, -0.25) is 9.89 Å². The molecule has 0 atom stereocenters. The Bertz CT molecular complexity index is 672. The molecule has 0 bridgehead atoms. The highest BCUT2D eigenvalue weighted by molar-refractivity contribution is 7.98. The number of pyridine rings is 1. The average Bonchev–Trinajstić information content (AvgIpc) is 2.93. The lowest BCUT2D eigenvalue weighted by Crippen LogP contribution is -2.18. The molecule has 0 saturated heterocycles. The van der Waals surface area contributed by atoms with E-state index < -0.39 is 5.97 Å². The van der Waals surface area contributed by atoms with E-state index in [-0.39, 0.29) is 11.1 Å². The maximum atomic E-state index is 12.0. The molecule has 0 fully saturated rings. The van der Waals surface area contributed by atoms with Gasteiger partial charge in [0.2, 0.25) is 0 Å². The van der Waals surface area contributed by atoms with E-state index in [1.54, 1.807) is 11.8 Å². The van der Waals surface area contributed by atoms with Crippen LogP contribution in [0.2, 0.25) is 0 Å². The number of nitrogens with zero attached hydrogens (tertiary/aromatic N) is 2. The molecule has 0 amide bonds. The number of aromatic amines is 1. The number of carboxylic acids is 1. The van der Waals surface area contributed by atoms with Gasteiger partial charge in [0.25, 0.3) is 5.56 Å². The molecule has 0 radical (unpaired) electrons. The zero-order valence-corrected chi connectivity index (χ0v) is 10.0. The average molecular weight is 263 g/mol. The van der Waals surface area contributed by atoms with Crippen molar-refractivity contribution in [1.82, 2.24) is 14.8 Å². The van der Waals surface area contributed by atoms with Gasteiger partial charge in [0.05, 0.1) is 16.8 Å². The minimum absolute atomic E-state index is 0.0986. The van der Waals surface area contributed by atoms with E-state index in [4.69, 9.17) is 5.11 Å². The Kier molecular flexibility index (Phi) is 2.48. The molecule has 6 nitrogen and oxygen atoms in total. The number of H-pyrrole nitrogens is 1. The van der Waals surface area contributed by atoms with Crippen LogP contribution in [0, 0.1) is 0 Å². The first kappa shape index (κ1) is 11.1. The van der Waals surface area contributed by atoms with Crippen LogP contribution >= 0.6 is 11.8 Å². The van der Waals surface area contributed by atoms with Crippen LogP contribution in [-0.4, -0.2) is 25.8 Å². The van der Waals surface area contributed by atoms with E-state index in [0.29, 0.717) is 11.6 Å². The molecular weight excluding hydrogens is 254 g/mol. The Hall–Kier alpha value is -2.02. The maximum absolute atomic E-state index is 12.0. The second kappa shape index (κ2) is 4.02. The van der Waals surface area contributed by atoms with Crippen LogP contribution in [0.5, 0.6) is 0 Å². The standard InChI is InChI=1S/C11H9N3O3S/c15-10-7-4-18-5-8(7)13-14(10)9-2-1-6(3-12-9)11(16)17/h1-3,13H,4-5H2,(H,16,17). The highest BCUT2D eigenvalue weighted by atomic mass is 32.2. The van der Waals surface area contributed by atoms with E-state index in [0.717, 1.165) is 17.0 Å². The van der Waals surface area contributed by atoms with Crippen molar-refractivity contribution < 1.29 is 9.90 Å². The molecule has 0 unspecified atom stereocenters. The van der Waals surface area contributed by atoms with Gasteiger partial charge in [-0.25, -0.2) is 14.5 Å². The first-order valence-electron chi connectivity index (χ1n) is 5.27. The van der Waals surface area contributed by atoms with Gasteiger partial charge in [-0.15, -0.1) is 0 Å². The lowest BCUT2D eigenvalue weighted by molar-refractivity contribution is 0.0696. The Morgan fingerprint density at radius 2 is 2.28 bits per heavy atom. The lowest BCUT2D eigenvalue weighted by Gasteiger charge is -2.01. The Labute approximate surface area is 106 Å². The van der Waals surface area contributed by atoms with Crippen LogP contribution in [0.4, 0.5) is 0 Å². The Morgan fingerprint density at radius 1 is 1.44 bits per heavy atom. The minimum atomic E-state index is -1.04. The summed E-state index contributed by atoms with van der Waals surface area (Å²) in [5.41, 5.74) is 1.70. The predicted octanol–water partition coefficient (Wildman–Crippen LogP) is 1.01. The van der Waals surface area contributed by atoms with Crippen molar-refractivity contribution in [3.8, 4) is 5.82 Å². The third-order valence-electron chi connectivity index (χ3n) is 2.79. The van der Waals surface area contributed by atoms with Gasteiger partial charge in [-0.2, -0.15) is 11.8 Å². The van der Waals surface area contributed by atoms with Crippen LogP contribution < -0.4 is 5.56 Å². The highest BCUT2D eigenvalue weighted by Crippen LogP contribution is 2.26. The summed E-state index contributed by atoms with van der Waals surface area (Å²) in [5, 5.41) is 11.8. The van der Waals surface area contributed by atoms with Gasteiger partial charge in [0.1, 0.15) is 0 Å². The number of aromatic nitrogens is 3. The summed E-state index contributed by atoms with van der Waals surface area (Å²) >= 11 is 1.69. The normalized spacial score (nSPS) is 13.6. The molecule has 3 heterocycles. The quantitative estimate of drug-likeness (QED) is 0.844. The number of hydrogen-bond acceptors (Lipinski definition) is 4. The number of thioether (sulfide) groups is 1. The molecule has 1 aliphatic rings. The van der Waals surface area contributed by atoms with E-state index in [1.165, 1.54) is 23.0 Å². The summed E-state index contributed by atoms with van der Waals surface area (Å²) in [5.74, 6) is 0.881. The molecule has 2 N–H and O–H groups in total.